The predicted octanol–water partition coefficient (Wildman–Crippen LogP) is 3.88. The Morgan fingerprint density at radius 3 is 1.75 bits per heavy atom. The van der Waals surface area contributed by atoms with Crippen LogP contribution in [0, 0.1) is 0 Å². The van der Waals surface area contributed by atoms with Gasteiger partial charge in [-0.2, -0.15) is 0 Å². The van der Waals surface area contributed by atoms with Gasteiger partial charge in [-0.15, -0.1) is 0 Å². The maximum absolute atomic E-state index is 9.60. The first-order valence-corrected chi connectivity index (χ1v) is 5.51. The van der Waals surface area contributed by atoms with Crippen molar-refractivity contribution < 1.29 is 9.90 Å². The second-order valence-electron chi connectivity index (χ2n) is 3.61. The number of hydrogen-bond donors (Lipinski definition) is 1. The molecule has 0 aliphatic heterocycles. The summed E-state index contributed by atoms with van der Waals surface area (Å²) in [6, 6.07) is 0. The molecule has 88 valence electrons. The number of allylic oxidation sites excluding steroid dienone is 6. The highest BCUT2D eigenvalue weighted by atomic mass is 16.4. The van der Waals surface area contributed by atoms with Gasteiger partial charge < -0.3 is 5.11 Å². The third-order valence-corrected chi connectivity index (χ3v) is 1.96. The third-order valence-electron chi connectivity index (χ3n) is 1.96. The van der Waals surface area contributed by atoms with E-state index in [1.54, 1.807) is 0 Å². The van der Waals surface area contributed by atoms with E-state index >= 15 is 0 Å². The highest BCUT2D eigenvalue weighted by molar-refractivity contribution is 5.84. The number of rotatable bonds is 1. The maximum atomic E-state index is 9.60. The minimum absolute atomic E-state index is 0.176. The Hall–Kier alpha value is -1.57. The van der Waals surface area contributed by atoms with Crippen molar-refractivity contribution in [3.05, 3.63) is 48.6 Å². The minimum Gasteiger partial charge on any atom is -0.478 e. The second kappa shape index (κ2) is 9.97. The molecule has 0 aromatic carbocycles. The van der Waals surface area contributed by atoms with E-state index in [0.717, 1.165) is 0 Å². The summed E-state index contributed by atoms with van der Waals surface area (Å²) in [5.41, 5.74) is 0.176. The highest BCUT2D eigenvalue weighted by Gasteiger charge is 1.90. The molecule has 0 bridgehead atoms. The highest BCUT2D eigenvalue weighted by Crippen LogP contribution is 2.03. The van der Waals surface area contributed by atoms with Gasteiger partial charge >= 0.3 is 5.97 Å². The molecule has 1 N–H and O–H groups in total. The summed E-state index contributed by atoms with van der Waals surface area (Å²) in [4.78, 5) is 9.60. The topological polar surface area (TPSA) is 37.3 Å². The lowest BCUT2D eigenvalue weighted by atomic mass is 10.1. The van der Waals surface area contributed by atoms with Crippen molar-refractivity contribution in [3.8, 4) is 0 Å². The molecule has 0 amide bonds. The Kier molecular flexibility index (Phi) is 8.99. The molecule has 0 atom stereocenters. The van der Waals surface area contributed by atoms with Gasteiger partial charge in [0.2, 0.25) is 0 Å². The van der Waals surface area contributed by atoms with E-state index in [-0.39, 0.29) is 5.57 Å². The van der Waals surface area contributed by atoms with Gasteiger partial charge in [-0.1, -0.05) is 43.0 Å². The van der Waals surface area contributed by atoms with Crippen molar-refractivity contribution in [1.29, 1.82) is 0 Å². The van der Waals surface area contributed by atoms with Crippen LogP contribution in [0.5, 0.6) is 0 Å². The molecular weight excluding hydrogens is 200 g/mol. The summed E-state index contributed by atoms with van der Waals surface area (Å²) in [5, 5.41) is 7.89. The van der Waals surface area contributed by atoms with Gasteiger partial charge in [-0.3, -0.25) is 0 Å². The smallest absolute Gasteiger partial charge is 0.330 e. The van der Waals surface area contributed by atoms with E-state index in [9.17, 15) is 4.79 Å². The zero-order valence-electron chi connectivity index (χ0n) is 9.86. The second-order valence-corrected chi connectivity index (χ2v) is 3.61. The molecule has 0 aromatic heterocycles. The van der Waals surface area contributed by atoms with E-state index in [1.165, 1.54) is 32.6 Å². The first kappa shape index (κ1) is 14.4. The van der Waals surface area contributed by atoms with E-state index < -0.39 is 5.97 Å². The Labute approximate surface area is 97.7 Å². The molecule has 0 radical (unpaired) electrons. The fraction of sp³-hybridized carbons (Fsp3) is 0.357. The minimum atomic E-state index is -0.935. The standard InChI is InChI=1S/C10H14.C4H6O2/c1-2-4-6-8-10-9-7-5-3-1;1-3(2)4(5)6/h1-6H,7-10H2;1H2,2H3,(H,5,6). The van der Waals surface area contributed by atoms with Gasteiger partial charge in [0, 0.05) is 5.57 Å². The Morgan fingerprint density at radius 2 is 1.44 bits per heavy atom. The zero-order chi connectivity index (χ0) is 12.2. The lowest BCUT2D eigenvalue weighted by molar-refractivity contribution is -0.132. The van der Waals surface area contributed by atoms with Crippen molar-refractivity contribution in [3.63, 3.8) is 0 Å². The van der Waals surface area contributed by atoms with Gasteiger partial charge in [0.05, 0.1) is 0 Å². The van der Waals surface area contributed by atoms with Crippen LogP contribution in [0.2, 0.25) is 0 Å². The lowest BCUT2D eigenvalue weighted by Crippen LogP contribution is -1.92. The summed E-state index contributed by atoms with van der Waals surface area (Å²) in [5.74, 6) is -0.935. The van der Waals surface area contributed by atoms with Crippen LogP contribution in [0.4, 0.5) is 0 Å². The molecule has 1 rings (SSSR count). The van der Waals surface area contributed by atoms with Crippen LogP contribution in [0.1, 0.15) is 32.6 Å². The van der Waals surface area contributed by atoms with Crippen molar-refractivity contribution in [1.82, 2.24) is 0 Å². The lowest BCUT2D eigenvalue weighted by Gasteiger charge is -1.92. The van der Waals surface area contributed by atoms with Crippen LogP contribution >= 0.6 is 0 Å². The van der Waals surface area contributed by atoms with Gasteiger partial charge in [0.15, 0.2) is 0 Å². The molecule has 1 aliphatic rings. The molecule has 0 saturated heterocycles. The van der Waals surface area contributed by atoms with Gasteiger partial charge in [-0.05, 0) is 32.6 Å². The first-order valence-electron chi connectivity index (χ1n) is 5.51. The average Bonchev–Trinajstić information content (AvgIpc) is 2.27. The van der Waals surface area contributed by atoms with Crippen LogP contribution in [0.3, 0.4) is 0 Å². The van der Waals surface area contributed by atoms with Crippen LogP contribution in [0.25, 0.3) is 0 Å². The number of carboxylic acid groups (broad SMARTS) is 1. The summed E-state index contributed by atoms with van der Waals surface area (Å²) in [7, 11) is 0. The summed E-state index contributed by atoms with van der Waals surface area (Å²) in [6.07, 6.45) is 18.0. The summed E-state index contributed by atoms with van der Waals surface area (Å²) in [6.45, 7) is 4.60. The van der Waals surface area contributed by atoms with E-state index in [2.05, 4.69) is 43.0 Å². The van der Waals surface area contributed by atoms with E-state index in [0.29, 0.717) is 0 Å². The Morgan fingerprint density at radius 1 is 1.06 bits per heavy atom. The molecule has 0 saturated carbocycles. The molecule has 2 heteroatoms. The van der Waals surface area contributed by atoms with Crippen LogP contribution < -0.4 is 0 Å². The predicted molar refractivity (Wildman–Crippen MR) is 68.3 cm³/mol. The van der Waals surface area contributed by atoms with Crippen LogP contribution in [0.15, 0.2) is 48.6 Å². The molecule has 0 heterocycles. The molecule has 0 fully saturated rings. The normalized spacial score (nSPS) is 14.8. The molecular formula is C14H20O2. The summed E-state index contributed by atoms with van der Waals surface area (Å²) >= 11 is 0. The fourth-order valence-corrected chi connectivity index (χ4v) is 1.00. The Bertz CT molecular complexity index is 266. The number of carboxylic acids is 1. The average molecular weight is 220 g/mol. The zero-order valence-corrected chi connectivity index (χ0v) is 9.86. The number of aliphatic carboxylic acids is 1. The quantitative estimate of drug-likeness (QED) is 0.681. The molecule has 0 unspecified atom stereocenters. The van der Waals surface area contributed by atoms with Gasteiger partial charge in [0.1, 0.15) is 0 Å². The molecule has 2 nitrogen and oxygen atoms in total. The van der Waals surface area contributed by atoms with Crippen molar-refractivity contribution in [2.75, 3.05) is 0 Å². The first-order chi connectivity index (χ1) is 7.64. The monoisotopic (exact) mass is 220 g/mol. The van der Waals surface area contributed by atoms with Crippen molar-refractivity contribution >= 4 is 5.97 Å². The fourth-order valence-electron chi connectivity index (χ4n) is 1.00. The maximum Gasteiger partial charge on any atom is 0.330 e. The Balaban J connectivity index is 0.000000325. The molecule has 1 aliphatic carbocycles. The molecule has 16 heavy (non-hydrogen) atoms. The number of hydrogen-bond acceptors (Lipinski definition) is 1. The van der Waals surface area contributed by atoms with E-state index in [4.69, 9.17) is 5.11 Å². The van der Waals surface area contributed by atoms with E-state index in [1.807, 2.05) is 0 Å². The summed E-state index contributed by atoms with van der Waals surface area (Å²) < 4.78 is 0. The van der Waals surface area contributed by atoms with Crippen LogP contribution in [-0.2, 0) is 4.79 Å². The number of carbonyl (C=O) groups is 1. The molecule has 0 spiro atoms. The van der Waals surface area contributed by atoms with Gasteiger partial charge in [-0.25, -0.2) is 4.79 Å². The largest absolute Gasteiger partial charge is 0.478 e. The molecule has 0 aromatic rings. The SMILES string of the molecule is C1=CC=CCCCCC=C1.C=C(C)C(=O)O. The van der Waals surface area contributed by atoms with Gasteiger partial charge in [0.25, 0.3) is 0 Å². The van der Waals surface area contributed by atoms with Crippen molar-refractivity contribution in [2.45, 2.75) is 32.6 Å². The van der Waals surface area contributed by atoms with Crippen LogP contribution in [-0.4, -0.2) is 11.1 Å². The third kappa shape index (κ3) is 10.5. The van der Waals surface area contributed by atoms with Crippen molar-refractivity contribution in [2.24, 2.45) is 0 Å².